The minimum atomic E-state index is -0.653. The van der Waals surface area contributed by atoms with Crippen molar-refractivity contribution < 1.29 is 28.4 Å². The molecule has 32 heavy (non-hydrogen) atoms. The number of nitro benzene ring substituents is 1. The van der Waals surface area contributed by atoms with Crippen LogP contribution in [-0.2, 0) is 16.0 Å². The van der Waals surface area contributed by atoms with Gasteiger partial charge in [-0.3, -0.25) is 19.7 Å². The van der Waals surface area contributed by atoms with Crippen molar-refractivity contribution in [1.29, 1.82) is 0 Å². The number of aromatic nitrogens is 1. The van der Waals surface area contributed by atoms with Crippen LogP contribution in [0.3, 0.4) is 0 Å². The van der Waals surface area contributed by atoms with E-state index in [-0.39, 0.29) is 40.9 Å². The number of nitrogens with zero attached hydrogens (tertiary/aromatic N) is 3. The van der Waals surface area contributed by atoms with Crippen LogP contribution in [-0.4, -0.2) is 67.1 Å². The molecule has 1 aromatic carbocycles. The van der Waals surface area contributed by atoms with E-state index >= 15 is 0 Å². The number of nitrogens with one attached hydrogen (secondary N) is 1. The van der Waals surface area contributed by atoms with Crippen LogP contribution in [0.1, 0.15) is 39.6 Å². The van der Waals surface area contributed by atoms with Crippen molar-refractivity contribution in [3.63, 3.8) is 0 Å². The van der Waals surface area contributed by atoms with Gasteiger partial charge in [-0.05, 0) is 25.0 Å². The van der Waals surface area contributed by atoms with Gasteiger partial charge >= 0.3 is 0 Å². The summed E-state index contributed by atoms with van der Waals surface area (Å²) in [4.78, 5) is 41.3. The molecule has 0 radical (unpaired) electrons. The standard InChI is InChI=1S/C20H25ClN4O7/c1-30-9-3-7-22-19(26)16-13-32-18(23-16)12-24(8-4-10-31-2)20(27)14-5-6-15(21)17(11-14)25(28)29/h5-6,11,13H,3-4,7-10,12H2,1-2H3,(H,22,26). The molecule has 0 fully saturated rings. The number of hydrogen-bond acceptors (Lipinski definition) is 8. The van der Waals surface area contributed by atoms with Crippen LogP contribution in [0, 0.1) is 10.1 Å². The molecule has 2 aromatic rings. The Morgan fingerprint density at radius 1 is 1.25 bits per heavy atom. The van der Waals surface area contributed by atoms with Crippen LogP contribution in [0.15, 0.2) is 28.9 Å². The van der Waals surface area contributed by atoms with E-state index in [0.717, 1.165) is 6.07 Å². The number of halogens is 1. The van der Waals surface area contributed by atoms with Crippen LogP contribution >= 0.6 is 11.6 Å². The molecule has 0 unspecified atom stereocenters. The first-order valence-electron chi connectivity index (χ1n) is 9.81. The van der Waals surface area contributed by atoms with Crippen molar-refractivity contribution >= 4 is 29.1 Å². The molecule has 1 heterocycles. The van der Waals surface area contributed by atoms with Crippen LogP contribution in [0.4, 0.5) is 5.69 Å². The number of ether oxygens (including phenoxy) is 2. The molecule has 2 amide bonds. The zero-order chi connectivity index (χ0) is 23.5. The Morgan fingerprint density at radius 3 is 2.66 bits per heavy atom. The highest BCUT2D eigenvalue weighted by atomic mass is 35.5. The summed E-state index contributed by atoms with van der Waals surface area (Å²) in [7, 11) is 3.12. The number of benzene rings is 1. The van der Waals surface area contributed by atoms with Gasteiger partial charge in [0.2, 0.25) is 5.89 Å². The third-order valence-electron chi connectivity index (χ3n) is 4.37. The molecule has 174 valence electrons. The molecule has 11 nitrogen and oxygen atoms in total. The Labute approximate surface area is 189 Å². The van der Waals surface area contributed by atoms with Gasteiger partial charge in [-0.1, -0.05) is 11.6 Å². The highest BCUT2D eigenvalue weighted by Gasteiger charge is 2.23. The summed E-state index contributed by atoms with van der Waals surface area (Å²) in [5.74, 6) is -0.715. The summed E-state index contributed by atoms with van der Waals surface area (Å²) in [6.45, 7) is 1.60. The molecular weight excluding hydrogens is 444 g/mol. The first kappa shape index (κ1) is 25.2. The van der Waals surface area contributed by atoms with Crippen molar-refractivity contribution in [2.75, 3.05) is 40.5 Å². The van der Waals surface area contributed by atoms with Gasteiger partial charge in [-0.2, -0.15) is 0 Å². The molecule has 12 heteroatoms. The van der Waals surface area contributed by atoms with E-state index in [1.807, 2.05) is 0 Å². The average Bonchev–Trinajstić information content (AvgIpc) is 3.24. The lowest BCUT2D eigenvalue weighted by Gasteiger charge is -2.21. The van der Waals surface area contributed by atoms with Crippen LogP contribution < -0.4 is 5.32 Å². The topological polar surface area (TPSA) is 137 Å². The van der Waals surface area contributed by atoms with Crippen LogP contribution in [0.5, 0.6) is 0 Å². The Kier molecular flexibility index (Phi) is 10.1. The van der Waals surface area contributed by atoms with E-state index in [0.29, 0.717) is 32.6 Å². The molecule has 2 rings (SSSR count). The van der Waals surface area contributed by atoms with Gasteiger partial charge in [0.15, 0.2) is 5.69 Å². The molecule has 0 spiro atoms. The average molecular weight is 469 g/mol. The van der Waals surface area contributed by atoms with Crippen LogP contribution in [0.25, 0.3) is 0 Å². The van der Waals surface area contributed by atoms with Gasteiger partial charge in [-0.25, -0.2) is 4.98 Å². The maximum Gasteiger partial charge on any atom is 0.288 e. The SMILES string of the molecule is COCCCNC(=O)c1coc(CN(CCCOC)C(=O)c2ccc(Cl)c([N+](=O)[O-])c2)n1. The highest BCUT2D eigenvalue weighted by Crippen LogP contribution is 2.26. The molecule has 1 aromatic heterocycles. The third kappa shape index (κ3) is 7.29. The summed E-state index contributed by atoms with van der Waals surface area (Å²) in [6.07, 6.45) is 2.39. The fourth-order valence-corrected chi connectivity index (χ4v) is 2.97. The zero-order valence-electron chi connectivity index (χ0n) is 17.8. The summed E-state index contributed by atoms with van der Waals surface area (Å²) >= 11 is 5.84. The van der Waals surface area contributed by atoms with Gasteiger partial charge in [0.25, 0.3) is 17.5 Å². The highest BCUT2D eigenvalue weighted by molar-refractivity contribution is 6.32. The molecule has 0 aliphatic carbocycles. The predicted molar refractivity (Wildman–Crippen MR) is 115 cm³/mol. The van der Waals surface area contributed by atoms with Crippen molar-refractivity contribution in [1.82, 2.24) is 15.2 Å². The lowest BCUT2D eigenvalue weighted by molar-refractivity contribution is -0.384. The summed E-state index contributed by atoms with van der Waals surface area (Å²) in [6, 6.07) is 3.84. The molecule has 0 saturated heterocycles. The van der Waals surface area contributed by atoms with E-state index < -0.39 is 16.7 Å². The second-order valence-electron chi connectivity index (χ2n) is 6.73. The Morgan fingerprint density at radius 2 is 1.97 bits per heavy atom. The molecule has 0 aliphatic heterocycles. The lowest BCUT2D eigenvalue weighted by atomic mass is 10.1. The smallest absolute Gasteiger partial charge is 0.288 e. The van der Waals surface area contributed by atoms with Crippen molar-refractivity contribution in [3.05, 3.63) is 56.7 Å². The van der Waals surface area contributed by atoms with E-state index in [1.165, 1.54) is 23.3 Å². The minimum Gasteiger partial charge on any atom is -0.446 e. The Balaban J connectivity index is 2.13. The summed E-state index contributed by atoms with van der Waals surface area (Å²) < 4.78 is 15.3. The summed E-state index contributed by atoms with van der Waals surface area (Å²) in [5.41, 5.74) is -0.178. The van der Waals surface area contributed by atoms with Gasteiger partial charge in [0, 0.05) is 52.2 Å². The van der Waals surface area contributed by atoms with Crippen molar-refractivity contribution in [2.45, 2.75) is 19.4 Å². The first-order chi connectivity index (χ1) is 15.4. The molecule has 0 atom stereocenters. The largest absolute Gasteiger partial charge is 0.446 e. The summed E-state index contributed by atoms with van der Waals surface area (Å²) in [5, 5.41) is 13.8. The number of carbonyl (C=O) groups is 2. The predicted octanol–water partition coefficient (Wildman–Crippen LogP) is 2.68. The van der Waals surface area contributed by atoms with E-state index in [9.17, 15) is 19.7 Å². The van der Waals surface area contributed by atoms with Gasteiger partial charge in [-0.15, -0.1) is 0 Å². The second-order valence-corrected chi connectivity index (χ2v) is 7.13. The number of nitro groups is 1. The normalized spacial score (nSPS) is 10.7. The van der Waals surface area contributed by atoms with E-state index in [2.05, 4.69) is 10.3 Å². The van der Waals surface area contributed by atoms with E-state index in [4.69, 9.17) is 25.5 Å². The minimum absolute atomic E-state index is 0.0318. The third-order valence-corrected chi connectivity index (χ3v) is 4.69. The van der Waals surface area contributed by atoms with Crippen molar-refractivity contribution in [2.24, 2.45) is 0 Å². The van der Waals surface area contributed by atoms with Gasteiger partial charge in [0.1, 0.15) is 11.3 Å². The molecule has 0 bridgehead atoms. The number of methoxy groups -OCH3 is 2. The lowest BCUT2D eigenvalue weighted by Crippen LogP contribution is -2.32. The first-order valence-corrected chi connectivity index (χ1v) is 10.2. The molecular formula is C20H25ClN4O7. The Bertz CT molecular complexity index is 934. The quantitative estimate of drug-likeness (QED) is 0.269. The number of carbonyl (C=O) groups excluding carboxylic acids is 2. The van der Waals surface area contributed by atoms with Crippen molar-refractivity contribution in [3.8, 4) is 0 Å². The number of hydrogen-bond donors (Lipinski definition) is 1. The molecule has 0 aliphatic rings. The fraction of sp³-hybridized carbons (Fsp3) is 0.450. The van der Waals surface area contributed by atoms with Gasteiger partial charge in [0.05, 0.1) is 11.5 Å². The number of oxazole rings is 1. The maximum absolute atomic E-state index is 13.0. The van der Waals surface area contributed by atoms with Gasteiger partial charge < -0.3 is 24.1 Å². The molecule has 0 saturated carbocycles. The second kappa shape index (κ2) is 12.7. The number of amides is 2. The monoisotopic (exact) mass is 468 g/mol. The van der Waals surface area contributed by atoms with Crippen LogP contribution in [0.2, 0.25) is 5.02 Å². The molecule has 1 N–H and O–H groups in total. The number of rotatable bonds is 13. The van der Waals surface area contributed by atoms with E-state index in [1.54, 1.807) is 14.2 Å². The Hall–Kier alpha value is -3.02. The maximum atomic E-state index is 13.0. The fourth-order valence-electron chi connectivity index (χ4n) is 2.78. The zero-order valence-corrected chi connectivity index (χ0v) is 18.6.